The molecule has 0 heterocycles. The quantitative estimate of drug-likeness (QED) is 0.490. The lowest BCUT2D eigenvalue weighted by Crippen LogP contribution is -2.43. The first-order chi connectivity index (χ1) is 5.35. The van der Waals surface area contributed by atoms with Gasteiger partial charge in [0.2, 0.25) is 0 Å². The van der Waals surface area contributed by atoms with E-state index in [9.17, 15) is 0 Å². The molecule has 0 saturated carbocycles. The molecule has 0 saturated heterocycles. The normalized spacial score (nSPS) is 15.2. The highest BCUT2D eigenvalue weighted by molar-refractivity contribution is 4.66. The average Bonchev–Trinajstić information content (AvgIpc) is 1.82. The number of aliphatic hydroxyl groups is 3. The molecule has 0 rings (SSSR count). The zero-order valence-electron chi connectivity index (χ0n) is 7.99. The molecule has 4 nitrogen and oxygen atoms in total. The van der Waals surface area contributed by atoms with Gasteiger partial charge in [0.05, 0.1) is 12.6 Å². The fraction of sp³-hybridized carbons (Fsp3) is 1.00. The van der Waals surface area contributed by atoms with Crippen molar-refractivity contribution in [3.8, 4) is 0 Å². The largest absolute Gasteiger partial charge is 0.392 e. The Labute approximate surface area is 73.4 Å². The van der Waals surface area contributed by atoms with Crippen molar-refractivity contribution in [1.29, 1.82) is 0 Å². The van der Waals surface area contributed by atoms with Crippen LogP contribution < -0.4 is 0 Å². The van der Waals surface area contributed by atoms with E-state index < -0.39 is 11.9 Å². The Morgan fingerprint density at radius 3 is 2.17 bits per heavy atom. The van der Waals surface area contributed by atoms with E-state index in [0.29, 0.717) is 13.1 Å². The molecule has 1 unspecified atom stereocenters. The van der Waals surface area contributed by atoms with Crippen LogP contribution in [0.15, 0.2) is 0 Å². The lowest BCUT2D eigenvalue weighted by molar-refractivity contribution is -0.160. The Morgan fingerprint density at radius 2 is 1.92 bits per heavy atom. The SMILES string of the molecule is CCN(CC(C)O)CC(C)(O)O. The van der Waals surface area contributed by atoms with Gasteiger partial charge in [0.25, 0.3) is 0 Å². The molecule has 0 aliphatic heterocycles. The van der Waals surface area contributed by atoms with E-state index in [1.54, 1.807) is 11.8 Å². The van der Waals surface area contributed by atoms with Crippen LogP contribution in [0.4, 0.5) is 0 Å². The molecule has 0 aromatic carbocycles. The standard InChI is InChI=1S/C8H19NO3/c1-4-9(5-7(2)10)6-8(3,11)12/h7,10-12H,4-6H2,1-3H3. The molecule has 1 atom stereocenters. The summed E-state index contributed by atoms with van der Waals surface area (Å²) in [6.45, 7) is 6.24. The highest BCUT2D eigenvalue weighted by Crippen LogP contribution is 2.02. The van der Waals surface area contributed by atoms with Crippen molar-refractivity contribution in [3.05, 3.63) is 0 Å². The first kappa shape index (κ1) is 11.8. The molecule has 3 N–H and O–H groups in total. The minimum Gasteiger partial charge on any atom is -0.392 e. The van der Waals surface area contributed by atoms with E-state index >= 15 is 0 Å². The second-order valence-electron chi connectivity index (χ2n) is 3.39. The van der Waals surface area contributed by atoms with Gasteiger partial charge in [-0.05, 0) is 20.4 Å². The minimum absolute atomic E-state index is 0.161. The average molecular weight is 177 g/mol. The van der Waals surface area contributed by atoms with Crippen molar-refractivity contribution in [2.45, 2.75) is 32.7 Å². The van der Waals surface area contributed by atoms with Gasteiger partial charge >= 0.3 is 0 Å². The van der Waals surface area contributed by atoms with Gasteiger partial charge < -0.3 is 15.3 Å². The molecule has 0 radical (unpaired) electrons. The molecule has 0 fully saturated rings. The zero-order valence-corrected chi connectivity index (χ0v) is 7.99. The molecule has 0 aliphatic rings. The maximum atomic E-state index is 9.06. The predicted molar refractivity (Wildman–Crippen MR) is 46.6 cm³/mol. The Hall–Kier alpha value is -0.160. The van der Waals surface area contributed by atoms with Gasteiger partial charge in [-0.1, -0.05) is 6.92 Å². The summed E-state index contributed by atoms with van der Waals surface area (Å²) in [5.74, 6) is -1.68. The third kappa shape index (κ3) is 6.54. The van der Waals surface area contributed by atoms with Gasteiger partial charge in [-0.15, -0.1) is 0 Å². The maximum absolute atomic E-state index is 9.06. The Kier molecular flexibility index (Phi) is 4.70. The second kappa shape index (κ2) is 4.77. The van der Waals surface area contributed by atoms with Crippen LogP contribution in [0, 0.1) is 0 Å². The van der Waals surface area contributed by atoms with Crippen LogP contribution in [0.25, 0.3) is 0 Å². The summed E-state index contributed by atoms with van der Waals surface area (Å²) in [5.41, 5.74) is 0. The third-order valence-corrected chi connectivity index (χ3v) is 1.49. The summed E-state index contributed by atoms with van der Waals surface area (Å²) in [4.78, 5) is 1.78. The van der Waals surface area contributed by atoms with Gasteiger partial charge in [0.1, 0.15) is 0 Å². The summed E-state index contributed by atoms with van der Waals surface area (Å²) in [7, 11) is 0. The molecule has 12 heavy (non-hydrogen) atoms. The summed E-state index contributed by atoms with van der Waals surface area (Å²) < 4.78 is 0. The van der Waals surface area contributed by atoms with E-state index in [2.05, 4.69) is 0 Å². The van der Waals surface area contributed by atoms with Crippen molar-refractivity contribution < 1.29 is 15.3 Å². The van der Waals surface area contributed by atoms with Crippen LogP contribution in [0.1, 0.15) is 20.8 Å². The molecular formula is C8H19NO3. The smallest absolute Gasteiger partial charge is 0.172 e. The van der Waals surface area contributed by atoms with Crippen LogP contribution >= 0.6 is 0 Å². The first-order valence-corrected chi connectivity index (χ1v) is 4.20. The van der Waals surface area contributed by atoms with Crippen molar-refractivity contribution in [1.82, 2.24) is 4.90 Å². The maximum Gasteiger partial charge on any atom is 0.172 e. The monoisotopic (exact) mass is 177 g/mol. The van der Waals surface area contributed by atoms with Gasteiger partial charge in [-0.2, -0.15) is 0 Å². The minimum atomic E-state index is -1.68. The summed E-state index contributed by atoms with van der Waals surface area (Å²) in [6.07, 6.45) is -0.438. The number of hydrogen-bond acceptors (Lipinski definition) is 4. The number of hydrogen-bond donors (Lipinski definition) is 3. The van der Waals surface area contributed by atoms with Gasteiger partial charge in [0.15, 0.2) is 5.79 Å². The topological polar surface area (TPSA) is 63.9 Å². The molecule has 0 bridgehead atoms. The highest BCUT2D eigenvalue weighted by atomic mass is 16.5. The van der Waals surface area contributed by atoms with Crippen LogP contribution in [0.5, 0.6) is 0 Å². The van der Waals surface area contributed by atoms with E-state index in [0.717, 1.165) is 0 Å². The van der Waals surface area contributed by atoms with E-state index in [1.807, 2.05) is 6.92 Å². The van der Waals surface area contributed by atoms with Crippen molar-refractivity contribution >= 4 is 0 Å². The lowest BCUT2D eigenvalue weighted by atomic mass is 10.2. The number of aliphatic hydroxyl groups excluding tert-OH is 1. The summed E-state index contributed by atoms with van der Waals surface area (Å²) >= 11 is 0. The molecule has 4 heteroatoms. The van der Waals surface area contributed by atoms with E-state index in [1.165, 1.54) is 6.92 Å². The van der Waals surface area contributed by atoms with E-state index in [4.69, 9.17) is 15.3 Å². The van der Waals surface area contributed by atoms with Gasteiger partial charge in [-0.3, -0.25) is 4.90 Å². The second-order valence-corrected chi connectivity index (χ2v) is 3.39. The molecule has 0 spiro atoms. The van der Waals surface area contributed by atoms with Crippen LogP contribution in [-0.4, -0.2) is 51.7 Å². The van der Waals surface area contributed by atoms with E-state index in [-0.39, 0.29) is 6.54 Å². The summed E-state index contributed by atoms with van der Waals surface area (Å²) in [6, 6.07) is 0. The molecule has 74 valence electrons. The third-order valence-electron chi connectivity index (χ3n) is 1.49. The fourth-order valence-electron chi connectivity index (χ4n) is 1.10. The van der Waals surface area contributed by atoms with Gasteiger partial charge in [0, 0.05) is 6.54 Å². The van der Waals surface area contributed by atoms with Gasteiger partial charge in [-0.25, -0.2) is 0 Å². The Morgan fingerprint density at radius 1 is 1.42 bits per heavy atom. The van der Waals surface area contributed by atoms with Crippen LogP contribution in [0.3, 0.4) is 0 Å². The Balaban J connectivity index is 3.83. The molecule has 0 aromatic heterocycles. The number of nitrogens with zero attached hydrogens (tertiary/aromatic N) is 1. The molecule has 0 amide bonds. The summed E-state index contributed by atoms with van der Waals surface area (Å²) in [5, 5.41) is 27.2. The first-order valence-electron chi connectivity index (χ1n) is 4.20. The van der Waals surface area contributed by atoms with Crippen molar-refractivity contribution in [2.24, 2.45) is 0 Å². The predicted octanol–water partition coefficient (Wildman–Crippen LogP) is -0.610. The lowest BCUT2D eigenvalue weighted by Gasteiger charge is -2.27. The van der Waals surface area contributed by atoms with Crippen LogP contribution in [0.2, 0.25) is 0 Å². The highest BCUT2D eigenvalue weighted by Gasteiger charge is 2.19. The molecule has 0 aromatic rings. The fourth-order valence-corrected chi connectivity index (χ4v) is 1.10. The van der Waals surface area contributed by atoms with Crippen molar-refractivity contribution in [3.63, 3.8) is 0 Å². The van der Waals surface area contributed by atoms with Crippen LogP contribution in [-0.2, 0) is 0 Å². The Bertz CT molecular complexity index is 120. The number of rotatable bonds is 5. The van der Waals surface area contributed by atoms with Crippen molar-refractivity contribution in [2.75, 3.05) is 19.6 Å². The zero-order chi connectivity index (χ0) is 9.78. The number of likely N-dealkylation sites (N-methyl/N-ethyl adjacent to an activating group) is 1. The molecular weight excluding hydrogens is 158 g/mol. The molecule has 0 aliphatic carbocycles.